The van der Waals surface area contributed by atoms with Crippen molar-refractivity contribution in [1.82, 2.24) is 0 Å². The number of fused-ring (bicyclic) bond motifs is 1. The van der Waals surface area contributed by atoms with Gasteiger partial charge in [0.15, 0.2) is 0 Å². The van der Waals surface area contributed by atoms with E-state index in [0.29, 0.717) is 20.7 Å². The summed E-state index contributed by atoms with van der Waals surface area (Å²) in [5.41, 5.74) is -1.99. The molecule has 9 heteroatoms. The van der Waals surface area contributed by atoms with Crippen LogP contribution >= 0.6 is 22.7 Å². The molecule has 0 fully saturated rings. The van der Waals surface area contributed by atoms with E-state index in [1.54, 1.807) is 42.5 Å². The second-order valence-electron chi connectivity index (χ2n) is 8.44. The number of hydrogen-bond donors (Lipinski definition) is 1. The predicted molar refractivity (Wildman–Crippen MR) is 129 cm³/mol. The molecule has 0 amide bonds. The number of halogens is 6. The number of aliphatic hydroxyl groups is 1. The second kappa shape index (κ2) is 7.94. The Bertz CT molecular complexity index is 1480. The predicted octanol–water partition coefficient (Wildman–Crippen LogP) is 8.57. The summed E-state index contributed by atoms with van der Waals surface area (Å²) in [4.78, 5) is 0.957. The summed E-state index contributed by atoms with van der Waals surface area (Å²) in [7, 11) is 0. The summed E-state index contributed by atoms with van der Waals surface area (Å²) in [6.07, 6.45) is 0. The number of aryl methyl sites for hydroxylation is 2. The number of rotatable bonds is 4. The van der Waals surface area contributed by atoms with E-state index in [2.05, 4.69) is 0 Å². The molecule has 5 rings (SSSR count). The van der Waals surface area contributed by atoms with Crippen molar-refractivity contribution in [3.05, 3.63) is 81.0 Å². The third-order valence-electron chi connectivity index (χ3n) is 6.30. The van der Waals surface area contributed by atoms with E-state index in [0.717, 1.165) is 22.7 Å². The lowest BCUT2D eigenvalue weighted by molar-refractivity contribution is -0.254. The highest BCUT2D eigenvalue weighted by atomic mass is 32.1. The summed E-state index contributed by atoms with van der Waals surface area (Å²) in [6.45, 7) is 2.75. The van der Waals surface area contributed by atoms with Crippen LogP contribution in [0.25, 0.3) is 31.7 Å². The quantitative estimate of drug-likeness (QED) is 0.265. The van der Waals surface area contributed by atoms with Crippen molar-refractivity contribution < 1.29 is 31.4 Å². The molecule has 1 aliphatic rings. The van der Waals surface area contributed by atoms with Crippen LogP contribution < -0.4 is 0 Å². The van der Waals surface area contributed by atoms with Gasteiger partial charge in [-0.15, -0.1) is 22.7 Å². The molecule has 2 aromatic carbocycles. The average molecular weight is 525 g/mol. The van der Waals surface area contributed by atoms with Crippen molar-refractivity contribution in [1.29, 1.82) is 0 Å². The first-order valence-electron chi connectivity index (χ1n) is 10.6. The van der Waals surface area contributed by atoms with Gasteiger partial charge < -0.3 is 5.11 Å². The summed E-state index contributed by atoms with van der Waals surface area (Å²) in [6, 6.07) is 14.2. The summed E-state index contributed by atoms with van der Waals surface area (Å²) < 4.78 is 91.5. The maximum Gasteiger partial charge on any atom is 0.380 e. The maximum absolute atomic E-state index is 15.3. The molecule has 0 bridgehead atoms. The molecule has 0 unspecified atom stereocenters. The average Bonchev–Trinajstić information content (AvgIpc) is 3.38. The minimum Gasteiger partial charge on any atom is -0.392 e. The largest absolute Gasteiger partial charge is 0.392 e. The standard InChI is InChI=1S/C26H18F6OS2/c1-13-18(11-20(34-13)16-9-7-15(12-33)8-10-16)22-23(25(29,30)26(31,32)24(22,27)28)21-14(2)35-19-6-4-3-5-17(19)21/h3-11,33H,12H2,1-2H3. The Labute approximate surface area is 205 Å². The lowest BCUT2D eigenvalue weighted by atomic mass is 9.93. The Hall–Kier alpha value is -2.62. The van der Waals surface area contributed by atoms with Crippen LogP contribution in [0.1, 0.15) is 26.4 Å². The molecular weight excluding hydrogens is 506 g/mol. The molecule has 0 radical (unpaired) electrons. The van der Waals surface area contributed by atoms with E-state index < -0.39 is 28.9 Å². The van der Waals surface area contributed by atoms with Crippen molar-refractivity contribution in [2.24, 2.45) is 0 Å². The molecule has 0 aliphatic heterocycles. The van der Waals surface area contributed by atoms with Crippen LogP contribution in [0.15, 0.2) is 54.6 Å². The molecule has 1 nitrogen and oxygen atoms in total. The van der Waals surface area contributed by atoms with Crippen LogP contribution in [0.3, 0.4) is 0 Å². The van der Waals surface area contributed by atoms with E-state index in [-0.39, 0.29) is 32.9 Å². The monoisotopic (exact) mass is 524 g/mol. The number of allylic oxidation sites excluding steroid dienone is 2. The normalized spacial score (nSPS) is 18.5. The molecule has 4 aromatic rings. The smallest absolute Gasteiger partial charge is 0.380 e. The Morgan fingerprint density at radius 3 is 2.06 bits per heavy atom. The number of thiophene rings is 2. The SMILES string of the molecule is Cc1sc(-c2ccc(CO)cc2)cc1C1=C(c2c(C)sc3ccccc23)C(F)(F)C(F)(F)C1(F)F. The van der Waals surface area contributed by atoms with E-state index in [1.165, 1.54) is 26.0 Å². The number of benzene rings is 2. The van der Waals surface area contributed by atoms with Crippen molar-refractivity contribution in [2.75, 3.05) is 0 Å². The fourth-order valence-corrected chi connectivity index (χ4v) is 6.64. The molecule has 182 valence electrons. The van der Waals surface area contributed by atoms with E-state index in [1.807, 2.05) is 0 Å². The van der Waals surface area contributed by atoms with Crippen molar-refractivity contribution in [3.8, 4) is 10.4 Å². The molecule has 1 N–H and O–H groups in total. The maximum atomic E-state index is 15.3. The van der Waals surface area contributed by atoms with E-state index in [9.17, 15) is 13.9 Å². The lowest BCUT2D eigenvalue weighted by Gasteiger charge is -2.25. The van der Waals surface area contributed by atoms with Crippen LogP contribution in [0, 0.1) is 13.8 Å². The molecule has 0 saturated heterocycles. The van der Waals surface area contributed by atoms with Gasteiger partial charge in [0, 0.05) is 41.4 Å². The Balaban J connectivity index is 1.82. The van der Waals surface area contributed by atoms with Crippen molar-refractivity contribution in [2.45, 2.75) is 38.2 Å². The van der Waals surface area contributed by atoms with Gasteiger partial charge in [0.2, 0.25) is 0 Å². The summed E-state index contributed by atoms with van der Waals surface area (Å²) >= 11 is 2.16. The van der Waals surface area contributed by atoms with E-state index >= 15 is 17.6 Å². The van der Waals surface area contributed by atoms with Gasteiger partial charge in [0.25, 0.3) is 0 Å². The molecule has 2 aromatic heterocycles. The Kier molecular flexibility index (Phi) is 5.47. The topological polar surface area (TPSA) is 20.2 Å². The van der Waals surface area contributed by atoms with Crippen LogP contribution in [0.4, 0.5) is 26.3 Å². The first-order chi connectivity index (χ1) is 16.4. The number of aliphatic hydroxyl groups excluding tert-OH is 1. The van der Waals surface area contributed by atoms with Gasteiger partial charge in [0.05, 0.1) is 6.61 Å². The fourth-order valence-electron chi connectivity index (χ4n) is 4.54. The van der Waals surface area contributed by atoms with Crippen LogP contribution in [0.2, 0.25) is 0 Å². The Morgan fingerprint density at radius 2 is 1.40 bits per heavy atom. The van der Waals surface area contributed by atoms with Gasteiger partial charge in [-0.3, -0.25) is 0 Å². The van der Waals surface area contributed by atoms with Crippen LogP contribution in [-0.4, -0.2) is 22.9 Å². The number of hydrogen-bond acceptors (Lipinski definition) is 3. The van der Waals surface area contributed by atoms with Gasteiger partial charge in [-0.05, 0) is 42.7 Å². The molecule has 35 heavy (non-hydrogen) atoms. The highest BCUT2D eigenvalue weighted by Crippen LogP contribution is 2.66. The third kappa shape index (κ3) is 3.32. The first kappa shape index (κ1) is 24.1. The molecule has 0 atom stereocenters. The minimum atomic E-state index is -5.60. The van der Waals surface area contributed by atoms with Crippen LogP contribution in [0.5, 0.6) is 0 Å². The fraction of sp³-hybridized carbons (Fsp3) is 0.231. The van der Waals surface area contributed by atoms with Gasteiger partial charge in [-0.1, -0.05) is 42.5 Å². The van der Waals surface area contributed by atoms with Crippen molar-refractivity contribution in [3.63, 3.8) is 0 Å². The zero-order chi connectivity index (χ0) is 25.3. The molecule has 0 spiro atoms. The highest BCUT2D eigenvalue weighted by Gasteiger charge is 2.80. The Morgan fingerprint density at radius 1 is 0.771 bits per heavy atom. The third-order valence-corrected chi connectivity index (χ3v) is 8.48. The lowest BCUT2D eigenvalue weighted by Crippen LogP contribution is -2.48. The van der Waals surface area contributed by atoms with Gasteiger partial charge in [-0.2, -0.15) is 26.3 Å². The molecule has 2 heterocycles. The second-order valence-corrected chi connectivity index (χ2v) is 11.0. The first-order valence-corrected chi connectivity index (χ1v) is 12.2. The van der Waals surface area contributed by atoms with Gasteiger partial charge in [-0.25, -0.2) is 0 Å². The van der Waals surface area contributed by atoms with Gasteiger partial charge >= 0.3 is 17.8 Å². The zero-order valence-corrected chi connectivity index (χ0v) is 20.1. The zero-order valence-electron chi connectivity index (χ0n) is 18.4. The molecular formula is C26H18F6OS2. The highest BCUT2D eigenvalue weighted by molar-refractivity contribution is 7.19. The van der Waals surface area contributed by atoms with Crippen molar-refractivity contribution >= 4 is 43.9 Å². The number of alkyl halides is 6. The summed E-state index contributed by atoms with van der Waals surface area (Å²) in [5, 5.41) is 9.48. The van der Waals surface area contributed by atoms with E-state index in [4.69, 9.17) is 0 Å². The van der Waals surface area contributed by atoms with Crippen LogP contribution in [-0.2, 0) is 6.61 Å². The van der Waals surface area contributed by atoms with Gasteiger partial charge in [0.1, 0.15) is 0 Å². The summed E-state index contributed by atoms with van der Waals surface area (Å²) in [5.74, 6) is -15.8. The molecule has 1 aliphatic carbocycles. The molecule has 0 saturated carbocycles. The minimum absolute atomic E-state index is 0.185.